The number of carbonyl (C=O) groups excluding carboxylic acids is 1. The molecule has 1 aliphatic rings. The molecule has 0 amide bonds. The van der Waals surface area contributed by atoms with Gasteiger partial charge >= 0.3 is 0 Å². The molecule has 0 unspecified atom stereocenters. The maximum Gasteiger partial charge on any atom is 0.185 e. The van der Waals surface area contributed by atoms with Crippen LogP contribution in [0.25, 0.3) is 6.08 Å². The van der Waals surface area contributed by atoms with Crippen molar-refractivity contribution in [3.8, 4) is 0 Å². The molecule has 118 valence electrons. The predicted octanol–water partition coefficient (Wildman–Crippen LogP) is 5.77. The predicted molar refractivity (Wildman–Crippen MR) is 92.0 cm³/mol. The van der Waals surface area contributed by atoms with Gasteiger partial charge in [-0.2, -0.15) is 0 Å². The highest BCUT2D eigenvalue weighted by Crippen LogP contribution is 2.32. The van der Waals surface area contributed by atoms with Crippen LogP contribution in [-0.4, -0.2) is 5.78 Å². The van der Waals surface area contributed by atoms with Crippen LogP contribution >= 0.6 is 0 Å². The van der Waals surface area contributed by atoms with Gasteiger partial charge in [0.05, 0.1) is 0 Å². The van der Waals surface area contributed by atoms with Crippen molar-refractivity contribution in [3.63, 3.8) is 0 Å². The number of carbonyl (C=O) groups is 1. The topological polar surface area (TPSA) is 17.1 Å². The van der Waals surface area contributed by atoms with Crippen LogP contribution in [0.3, 0.4) is 0 Å². The Bertz CT molecular complexity index is 677. The first-order chi connectivity index (χ1) is 11.2. The third-order valence-corrected chi connectivity index (χ3v) is 4.57. The van der Waals surface area contributed by atoms with Gasteiger partial charge in [0.2, 0.25) is 0 Å². The molecule has 2 aromatic carbocycles. The van der Waals surface area contributed by atoms with E-state index in [1.807, 2.05) is 12.1 Å². The summed E-state index contributed by atoms with van der Waals surface area (Å²) in [5.74, 6) is 0.360. The van der Waals surface area contributed by atoms with Crippen LogP contribution in [-0.2, 0) is 0 Å². The van der Waals surface area contributed by atoms with Gasteiger partial charge in [-0.15, -0.1) is 0 Å². The van der Waals surface area contributed by atoms with E-state index in [0.29, 0.717) is 11.5 Å². The molecule has 1 nitrogen and oxygen atoms in total. The van der Waals surface area contributed by atoms with Crippen molar-refractivity contribution < 1.29 is 9.18 Å². The second-order valence-corrected chi connectivity index (χ2v) is 6.21. The fourth-order valence-corrected chi connectivity index (χ4v) is 3.20. The lowest BCUT2D eigenvalue weighted by Gasteiger charge is -2.21. The van der Waals surface area contributed by atoms with Crippen molar-refractivity contribution in [2.75, 3.05) is 0 Å². The highest BCUT2D eigenvalue weighted by molar-refractivity contribution is 6.06. The maximum atomic E-state index is 12.9. The standard InChI is InChI=1S/C21H21FO/c22-20-13-6-16(7-14-20)8-15-21(23)19-11-9-18(10-12-19)17-4-2-1-3-5-17/h6-15,17H,1-5H2/b15-8+. The number of halogens is 1. The molecule has 0 atom stereocenters. The normalized spacial score (nSPS) is 15.9. The zero-order valence-corrected chi connectivity index (χ0v) is 13.2. The quantitative estimate of drug-likeness (QED) is 0.517. The minimum atomic E-state index is -0.272. The van der Waals surface area contributed by atoms with Gasteiger partial charge in [-0.1, -0.05) is 61.7 Å². The number of ketones is 1. The first-order valence-corrected chi connectivity index (χ1v) is 8.30. The Morgan fingerprint density at radius 2 is 1.57 bits per heavy atom. The zero-order valence-electron chi connectivity index (χ0n) is 13.2. The summed E-state index contributed by atoms with van der Waals surface area (Å²) in [6.07, 6.45) is 9.76. The molecule has 2 heteroatoms. The lowest BCUT2D eigenvalue weighted by Crippen LogP contribution is -2.04. The summed E-state index contributed by atoms with van der Waals surface area (Å²) in [5, 5.41) is 0. The lowest BCUT2D eigenvalue weighted by atomic mass is 9.84. The van der Waals surface area contributed by atoms with E-state index in [2.05, 4.69) is 12.1 Å². The summed E-state index contributed by atoms with van der Waals surface area (Å²) >= 11 is 0. The van der Waals surface area contributed by atoms with E-state index in [4.69, 9.17) is 0 Å². The van der Waals surface area contributed by atoms with Crippen LogP contribution in [0.15, 0.2) is 54.6 Å². The Labute approximate surface area is 136 Å². The van der Waals surface area contributed by atoms with Gasteiger partial charge in [0, 0.05) is 5.56 Å². The van der Waals surface area contributed by atoms with Gasteiger partial charge in [-0.05, 0) is 48.1 Å². The average Bonchev–Trinajstić information content (AvgIpc) is 2.62. The highest BCUT2D eigenvalue weighted by Gasteiger charge is 2.15. The second kappa shape index (κ2) is 7.36. The van der Waals surface area contributed by atoms with Gasteiger partial charge in [-0.25, -0.2) is 4.39 Å². The molecule has 1 saturated carbocycles. The Kier molecular flexibility index (Phi) is 5.02. The summed E-state index contributed by atoms with van der Waals surface area (Å²) in [4.78, 5) is 12.2. The van der Waals surface area contributed by atoms with Crippen LogP contribution in [0.4, 0.5) is 4.39 Å². The van der Waals surface area contributed by atoms with E-state index >= 15 is 0 Å². The van der Waals surface area contributed by atoms with E-state index in [9.17, 15) is 9.18 Å². The van der Waals surface area contributed by atoms with Crippen molar-refractivity contribution >= 4 is 11.9 Å². The molecule has 0 bridgehead atoms. The zero-order chi connectivity index (χ0) is 16.1. The van der Waals surface area contributed by atoms with E-state index in [-0.39, 0.29) is 11.6 Å². The minimum absolute atomic E-state index is 0.0236. The summed E-state index contributed by atoms with van der Waals surface area (Å²) < 4.78 is 12.9. The van der Waals surface area contributed by atoms with Crippen molar-refractivity contribution in [3.05, 3.63) is 77.1 Å². The molecule has 23 heavy (non-hydrogen) atoms. The third-order valence-electron chi connectivity index (χ3n) is 4.57. The van der Waals surface area contributed by atoms with Crippen molar-refractivity contribution in [2.45, 2.75) is 38.0 Å². The van der Waals surface area contributed by atoms with Crippen molar-refractivity contribution in [1.29, 1.82) is 0 Å². The lowest BCUT2D eigenvalue weighted by molar-refractivity contribution is 0.104. The molecule has 0 aromatic heterocycles. The van der Waals surface area contributed by atoms with Crippen LogP contribution < -0.4 is 0 Å². The third kappa shape index (κ3) is 4.16. The molecule has 0 radical (unpaired) electrons. The van der Waals surface area contributed by atoms with Gasteiger partial charge in [-0.3, -0.25) is 4.79 Å². The summed E-state index contributed by atoms with van der Waals surface area (Å²) in [6, 6.07) is 14.1. The Morgan fingerprint density at radius 3 is 2.22 bits per heavy atom. The first-order valence-electron chi connectivity index (χ1n) is 8.30. The highest BCUT2D eigenvalue weighted by atomic mass is 19.1. The second-order valence-electron chi connectivity index (χ2n) is 6.21. The molecule has 0 spiro atoms. The van der Waals surface area contributed by atoms with Gasteiger partial charge < -0.3 is 0 Å². The molecular weight excluding hydrogens is 287 g/mol. The SMILES string of the molecule is O=C(/C=C/c1ccc(F)cc1)c1ccc(C2CCCCC2)cc1. The number of hydrogen-bond acceptors (Lipinski definition) is 1. The van der Waals surface area contributed by atoms with Crippen LogP contribution in [0, 0.1) is 5.82 Å². The molecule has 0 saturated heterocycles. The molecule has 0 heterocycles. The maximum absolute atomic E-state index is 12.9. The molecule has 0 aliphatic heterocycles. The van der Waals surface area contributed by atoms with E-state index in [1.165, 1.54) is 49.8 Å². The van der Waals surface area contributed by atoms with Gasteiger partial charge in [0.1, 0.15) is 5.82 Å². The van der Waals surface area contributed by atoms with E-state index < -0.39 is 0 Å². The fraction of sp³-hybridized carbons (Fsp3) is 0.286. The Balaban J connectivity index is 1.66. The Hall–Kier alpha value is -2.22. The van der Waals surface area contributed by atoms with Crippen LogP contribution in [0.1, 0.15) is 59.5 Å². The molecule has 1 aliphatic carbocycles. The number of benzene rings is 2. The number of allylic oxidation sites excluding steroid dienone is 1. The fourth-order valence-electron chi connectivity index (χ4n) is 3.20. The minimum Gasteiger partial charge on any atom is -0.289 e. The molecule has 2 aromatic rings. The number of hydrogen-bond donors (Lipinski definition) is 0. The first kappa shape index (κ1) is 15.7. The van der Waals surface area contributed by atoms with E-state index in [1.54, 1.807) is 24.3 Å². The largest absolute Gasteiger partial charge is 0.289 e. The molecule has 1 fully saturated rings. The Morgan fingerprint density at radius 1 is 0.913 bits per heavy atom. The summed E-state index contributed by atoms with van der Waals surface area (Å²) in [6.45, 7) is 0. The van der Waals surface area contributed by atoms with Crippen LogP contribution in [0.5, 0.6) is 0 Å². The molecule has 3 rings (SSSR count). The summed E-state index contributed by atoms with van der Waals surface area (Å²) in [7, 11) is 0. The smallest absolute Gasteiger partial charge is 0.185 e. The van der Waals surface area contributed by atoms with Crippen molar-refractivity contribution in [2.24, 2.45) is 0 Å². The molecule has 0 N–H and O–H groups in total. The van der Waals surface area contributed by atoms with Crippen molar-refractivity contribution in [1.82, 2.24) is 0 Å². The van der Waals surface area contributed by atoms with Gasteiger partial charge in [0.15, 0.2) is 5.78 Å². The molecular formula is C21H21FO. The number of rotatable bonds is 4. The van der Waals surface area contributed by atoms with Crippen LogP contribution in [0.2, 0.25) is 0 Å². The summed E-state index contributed by atoms with van der Waals surface area (Å²) in [5.41, 5.74) is 2.87. The monoisotopic (exact) mass is 308 g/mol. The average molecular weight is 308 g/mol. The van der Waals surface area contributed by atoms with E-state index in [0.717, 1.165) is 5.56 Å². The van der Waals surface area contributed by atoms with Gasteiger partial charge in [0.25, 0.3) is 0 Å².